The minimum absolute atomic E-state index is 0.290. The van der Waals surface area contributed by atoms with Gasteiger partial charge in [-0.2, -0.15) is 16.8 Å². The van der Waals surface area contributed by atoms with E-state index in [0.717, 1.165) is 0 Å². The highest BCUT2D eigenvalue weighted by atomic mass is 32.2. The number of hydrogen-bond acceptors (Lipinski definition) is 4. The summed E-state index contributed by atoms with van der Waals surface area (Å²) in [5.41, 5.74) is 0. The van der Waals surface area contributed by atoms with Gasteiger partial charge in [0.15, 0.2) is 0 Å². The molecule has 0 fully saturated rings. The highest BCUT2D eigenvalue weighted by Gasteiger charge is 2.05. The average molecular weight is 259 g/mol. The lowest BCUT2D eigenvalue weighted by atomic mass is 10.2. The van der Waals surface area contributed by atoms with Gasteiger partial charge in [-0.3, -0.25) is 9.11 Å². The van der Waals surface area contributed by atoms with Crippen molar-refractivity contribution >= 4 is 20.2 Å². The Kier molecular flexibility index (Phi) is 6.34. The van der Waals surface area contributed by atoms with Crippen LogP contribution in [0, 0.1) is 6.42 Å². The van der Waals surface area contributed by atoms with E-state index in [4.69, 9.17) is 9.11 Å². The molecule has 1 radical (unpaired) electrons. The average Bonchev–Trinajstić information content (AvgIpc) is 1.98. The highest BCUT2D eigenvalue weighted by molar-refractivity contribution is 7.86. The van der Waals surface area contributed by atoms with Crippen LogP contribution in [0.1, 0.15) is 25.7 Å². The van der Waals surface area contributed by atoms with Gasteiger partial charge in [0.2, 0.25) is 0 Å². The van der Waals surface area contributed by atoms with Crippen LogP contribution in [-0.2, 0) is 20.2 Å². The Bertz CT molecular complexity index is 319. The highest BCUT2D eigenvalue weighted by Crippen LogP contribution is 2.04. The monoisotopic (exact) mass is 259 g/mol. The first-order chi connectivity index (χ1) is 6.71. The quantitative estimate of drug-likeness (QED) is 0.486. The van der Waals surface area contributed by atoms with Crippen LogP contribution in [0.3, 0.4) is 0 Å². The number of unbranched alkanes of at least 4 members (excludes halogenated alkanes) is 4. The van der Waals surface area contributed by atoms with Crippen molar-refractivity contribution in [2.24, 2.45) is 0 Å². The van der Waals surface area contributed by atoms with E-state index in [0.29, 0.717) is 25.7 Å². The van der Waals surface area contributed by atoms with Crippen molar-refractivity contribution in [3.63, 3.8) is 0 Å². The molecule has 0 unspecified atom stereocenters. The van der Waals surface area contributed by atoms with Gasteiger partial charge < -0.3 is 0 Å². The topological polar surface area (TPSA) is 109 Å². The van der Waals surface area contributed by atoms with Gasteiger partial charge in [0.05, 0.1) is 11.5 Å². The van der Waals surface area contributed by atoms with Gasteiger partial charge in [0.1, 0.15) is 0 Å². The molecule has 2 N–H and O–H groups in total. The van der Waals surface area contributed by atoms with Crippen molar-refractivity contribution in [1.82, 2.24) is 0 Å². The predicted octanol–water partition coefficient (Wildman–Crippen LogP) is 0.527. The Morgan fingerprint density at radius 3 is 1.40 bits per heavy atom. The largest absolute Gasteiger partial charge is 0.286 e. The van der Waals surface area contributed by atoms with Crippen LogP contribution in [0.2, 0.25) is 0 Å². The van der Waals surface area contributed by atoms with Crippen molar-refractivity contribution in [3.8, 4) is 0 Å². The summed E-state index contributed by atoms with van der Waals surface area (Å²) < 4.78 is 57.9. The fourth-order valence-electron chi connectivity index (χ4n) is 0.964. The smallest absolute Gasteiger partial charge is 0.264 e. The fraction of sp³-hybridized carbons (Fsp3) is 0.857. The van der Waals surface area contributed by atoms with Crippen LogP contribution in [-0.4, -0.2) is 37.4 Å². The van der Waals surface area contributed by atoms with Crippen molar-refractivity contribution in [2.45, 2.75) is 25.7 Å². The van der Waals surface area contributed by atoms with Crippen LogP contribution in [0.15, 0.2) is 0 Å². The summed E-state index contributed by atoms with van der Waals surface area (Å²) in [6.07, 6.45) is 3.34. The zero-order valence-corrected chi connectivity index (χ0v) is 9.80. The molecule has 6 nitrogen and oxygen atoms in total. The molecular formula is C7H15O6S2. The summed E-state index contributed by atoms with van der Waals surface area (Å²) in [7, 11) is -7.79. The van der Waals surface area contributed by atoms with Crippen molar-refractivity contribution < 1.29 is 25.9 Å². The molecule has 8 heteroatoms. The lowest BCUT2D eigenvalue weighted by Gasteiger charge is -1.99. The molecule has 91 valence electrons. The second kappa shape index (κ2) is 6.41. The second-order valence-electron chi connectivity index (χ2n) is 3.15. The lowest BCUT2D eigenvalue weighted by Crippen LogP contribution is -2.04. The number of hydrogen-bond donors (Lipinski definition) is 2. The Labute approximate surface area is 90.2 Å². The summed E-state index contributed by atoms with van der Waals surface area (Å²) in [4.78, 5) is 0. The molecule has 0 aromatic rings. The van der Waals surface area contributed by atoms with Gasteiger partial charge >= 0.3 is 0 Å². The Hall–Kier alpha value is -0.180. The molecule has 0 heterocycles. The summed E-state index contributed by atoms with van der Waals surface area (Å²) in [6.45, 7) is 0. The summed E-state index contributed by atoms with van der Waals surface area (Å²) in [5.74, 6) is -0.580. The first-order valence-electron chi connectivity index (χ1n) is 4.43. The Morgan fingerprint density at radius 1 is 0.800 bits per heavy atom. The minimum atomic E-state index is -3.90. The third-order valence-electron chi connectivity index (χ3n) is 1.62. The molecule has 0 atom stereocenters. The molecule has 0 aliphatic carbocycles. The third kappa shape index (κ3) is 13.8. The van der Waals surface area contributed by atoms with Gasteiger partial charge in [-0.1, -0.05) is 0 Å². The van der Waals surface area contributed by atoms with Gasteiger partial charge in [-0.15, -0.1) is 0 Å². The molecule has 0 spiro atoms. The maximum atomic E-state index is 10.3. The first kappa shape index (κ1) is 14.8. The van der Waals surface area contributed by atoms with Crippen molar-refractivity contribution in [3.05, 3.63) is 6.42 Å². The predicted molar refractivity (Wildman–Crippen MR) is 55.6 cm³/mol. The third-order valence-corrected chi connectivity index (χ3v) is 3.23. The molecular weight excluding hydrogens is 244 g/mol. The zero-order chi connectivity index (χ0) is 11.9. The van der Waals surface area contributed by atoms with Gasteiger partial charge in [0.25, 0.3) is 20.2 Å². The van der Waals surface area contributed by atoms with E-state index in [-0.39, 0.29) is 11.5 Å². The molecule has 0 saturated heterocycles. The van der Waals surface area contributed by atoms with Crippen LogP contribution >= 0.6 is 0 Å². The molecule has 0 aliphatic heterocycles. The Morgan fingerprint density at radius 2 is 1.13 bits per heavy atom. The summed E-state index contributed by atoms with van der Waals surface area (Å²) >= 11 is 0. The molecule has 0 rings (SSSR count). The fourth-order valence-corrected chi connectivity index (χ4v) is 2.03. The van der Waals surface area contributed by atoms with Crippen LogP contribution in [0.4, 0.5) is 0 Å². The van der Waals surface area contributed by atoms with E-state index >= 15 is 0 Å². The Balaban J connectivity index is 3.34. The van der Waals surface area contributed by atoms with E-state index < -0.39 is 20.2 Å². The first-order valence-corrected chi connectivity index (χ1v) is 7.64. The molecule has 0 aliphatic rings. The standard InChI is InChI=1S/C7H15O6S2/c8-14(9,10)6-4-2-1-3-5-7-15(11,12)13/h1H,2-7H2,(H,8,9,10)(H,11,12,13). The maximum Gasteiger partial charge on any atom is 0.264 e. The summed E-state index contributed by atoms with van der Waals surface area (Å²) in [6, 6.07) is 0. The van der Waals surface area contributed by atoms with E-state index in [1.807, 2.05) is 0 Å². The van der Waals surface area contributed by atoms with Crippen molar-refractivity contribution in [2.75, 3.05) is 11.5 Å². The van der Waals surface area contributed by atoms with Crippen molar-refractivity contribution in [1.29, 1.82) is 0 Å². The minimum Gasteiger partial charge on any atom is -0.286 e. The molecule has 15 heavy (non-hydrogen) atoms. The van der Waals surface area contributed by atoms with Crippen LogP contribution in [0.25, 0.3) is 0 Å². The SMILES string of the molecule is O=S(=O)(O)CCC[CH]CCCS(=O)(=O)O. The van der Waals surface area contributed by atoms with E-state index in [1.54, 1.807) is 6.42 Å². The van der Waals surface area contributed by atoms with Crippen LogP contribution in [0.5, 0.6) is 0 Å². The van der Waals surface area contributed by atoms with Gasteiger partial charge in [-0.25, -0.2) is 0 Å². The van der Waals surface area contributed by atoms with Gasteiger partial charge in [-0.05, 0) is 32.1 Å². The maximum absolute atomic E-state index is 10.3. The molecule has 0 saturated carbocycles. The van der Waals surface area contributed by atoms with Crippen LogP contribution < -0.4 is 0 Å². The molecule has 0 amide bonds. The molecule has 0 aromatic carbocycles. The van der Waals surface area contributed by atoms with Gasteiger partial charge in [0, 0.05) is 0 Å². The molecule has 0 aromatic heterocycles. The number of rotatable bonds is 8. The van der Waals surface area contributed by atoms with E-state index in [9.17, 15) is 16.8 Å². The van der Waals surface area contributed by atoms with E-state index in [1.165, 1.54) is 0 Å². The lowest BCUT2D eigenvalue weighted by molar-refractivity contribution is 0.480. The van der Waals surface area contributed by atoms with E-state index in [2.05, 4.69) is 0 Å². The summed E-state index contributed by atoms with van der Waals surface area (Å²) in [5, 5.41) is 0. The second-order valence-corrected chi connectivity index (χ2v) is 6.29. The zero-order valence-electron chi connectivity index (χ0n) is 8.16. The molecule has 0 bridgehead atoms. The normalized spacial score (nSPS) is 12.9.